The SMILES string of the molecule is CC(C)=CC(C)=CN(C)C. The maximum absolute atomic E-state index is 2.17. The van der Waals surface area contributed by atoms with E-state index in [0.717, 1.165) is 0 Å². The van der Waals surface area contributed by atoms with Crippen LogP contribution in [0.5, 0.6) is 0 Å². The van der Waals surface area contributed by atoms with Gasteiger partial charge in [0.15, 0.2) is 0 Å². The molecular weight excluding hydrogens is 122 g/mol. The van der Waals surface area contributed by atoms with Gasteiger partial charge in [0.1, 0.15) is 0 Å². The lowest BCUT2D eigenvalue weighted by Crippen LogP contribution is -2.01. The Labute approximate surface area is 64.0 Å². The maximum atomic E-state index is 2.17. The summed E-state index contributed by atoms with van der Waals surface area (Å²) in [6, 6.07) is 0. The molecular formula is C9H17N. The summed E-state index contributed by atoms with van der Waals surface area (Å²) in [5.41, 5.74) is 2.64. The van der Waals surface area contributed by atoms with E-state index in [2.05, 4.69) is 37.9 Å². The highest BCUT2D eigenvalue weighted by Gasteiger charge is 1.83. The van der Waals surface area contributed by atoms with Crippen molar-refractivity contribution in [1.82, 2.24) is 4.90 Å². The Bertz CT molecular complexity index is 148. The highest BCUT2D eigenvalue weighted by atomic mass is 15.0. The number of rotatable bonds is 2. The summed E-state index contributed by atoms with van der Waals surface area (Å²) in [6.07, 6.45) is 4.27. The van der Waals surface area contributed by atoms with Gasteiger partial charge in [-0.3, -0.25) is 0 Å². The summed E-state index contributed by atoms with van der Waals surface area (Å²) >= 11 is 0. The first-order valence-electron chi connectivity index (χ1n) is 3.52. The van der Waals surface area contributed by atoms with Crippen molar-refractivity contribution in [2.45, 2.75) is 20.8 Å². The van der Waals surface area contributed by atoms with Gasteiger partial charge in [-0.15, -0.1) is 0 Å². The highest BCUT2D eigenvalue weighted by molar-refractivity contribution is 5.18. The first kappa shape index (κ1) is 9.28. The fourth-order valence-corrected chi connectivity index (χ4v) is 0.900. The average Bonchev–Trinajstić information content (AvgIpc) is 1.58. The Kier molecular flexibility index (Phi) is 3.85. The zero-order chi connectivity index (χ0) is 8.15. The van der Waals surface area contributed by atoms with Crippen LogP contribution in [0.15, 0.2) is 23.4 Å². The first-order valence-corrected chi connectivity index (χ1v) is 3.52. The standard InChI is InChI=1S/C9H17N/c1-8(2)6-9(3)7-10(4)5/h6-7H,1-5H3. The zero-order valence-electron chi connectivity index (χ0n) is 7.60. The quantitative estimate of drug-likeness (QED) is 0.531. The van der Waals surface area contributed by atoms with Crippen molar-refractivity contribution in [2.24, 2.45) is 0 Å². The number of hydrogen-bond acceptors (Lipinski definition) is 1. The van der Waals surface area contributed by atoms with Gasteiger partial charge in [0.05, 0.1) is 0 Å². The molecule has 1 nitrogen and oxygen atoms in total. The fraction of sp³-hybridized carbons (Fsp3) is 0.556. The molecule has 0 N–H and O–H groups in total. The fourth-order valence-electron chi connectivity index (χ4n) is 0.900. The van der Waals surface area contributed by atoms with E-state index in [1.807, 2.05) is 14.1 Å². The minimum absolute atomic E-state index is 1.30. The van der Waals surface area contributed by atoms with E-state index in [1.54, 1.807) is 0 Å². The van der Waals surface area contributed by atoms with E-state index in [9.17, 15) is 0 Å². The number of hydrogen-bond donors (Lipinski definition) is 0. The Morgan fingerprint density at radius 3 is 1.90 bits per heavy atom. The van der Waals surface area contributed by atoms with E-state index in [1.165, 1.54) is 11.1 Å². The second kappa shape index (κ2) is 4.15. The van der Waals surface area contributed by atoms with E-state index >= 15 is 0 Å². The van der Waals surface area contributed by atoms with Crippen LogP contribution in [-0.4, -0.2) is 19.0 Å². The molecule has 0 bridgehead atoms. The van der Waals surface area contributed by atoms with Crippen molar-refractivity contribution in [3.63, 3.8) is 0 Å². The average molecular weight is 139 g/mol. The second-order valence-electron chi connectivity index (χ2n) is 3.06. The maximum Gasteiger partial charge on any atom is 0.00557 e. The predicted octanol–water partition coefficient (Wildman–Crippen LogP) is 2.42. The summed E-state index contributed by atoms with van der Waals surface area (Å²) in [5, 5.41) is 0. The topological polar surface area (TPSA) is 3.24 Å². The molecule has 1 heteroatoms. The molecule has 58 valence electrons. The van der Waals surface area contributed by atoms with Crippen molar-refractivity contribution in [3.8, 4) is 0 Å². The summed E-state index contributed by atoms with van der Waals surface area (Å²) in [4.78, 5) is 2.05. The third-order valence-corrected chi connectivity index (χ3v) is 0.978. The predicted molar refractivity (Wildman–Crippen MR) is 46.9 cm³/mol. The molecule has 0 amide bonds. The second-order valence-corrected chi connectivity index (χ2v) is 3.06. The molecule has 0 aliphatic heterocycles. The molecule has 0 fully saturated rings. The van der Waals surface area contributed by atoms with Gasteiger partial charge in [0, 0.05) is 20.3 Å². The van der Waals surface area contributed by atoms with E-state index in [4.69, 9.17) is 0 Å². The Morgan fingerprint density at radius 2 is 1.60 bits per heavy atom. The molecule has 0 rings (SSSR count). The molecule has 0 aliphatic carbocycles. The van der Waals surface area contributed by atoms with Gasteiger partial charge < -0.3 is 4.90 Å². The van der Waals surface area contributed by atoms with Crippen molar-refractivity contribution in [2.75, 3.05) is 14.1 Å². The summed E-state index contributed by atoms with van der Waals surface area (Å²) in [7, 11) is 4.06. The summed E-state index contributed by atoms with van der Waals surface area (Å²) in [5.74, 6) is 0. The van der Waals surface area contributed by atoms with Crippen molar-refractivity contribution < 1.29 is 0 Å². The summed E-state index contributed by atoms with van der Waals surface area (Å²) < 4.78 is 0. The molecule has 0 unspecified atom stereocenters. The van der Waals surface area contributed by atoms with Gasteiger partial charge in [-0.05, 0) is 26.3 Å². The van der Waals surface area contributed by atoms with Crippen molar-refractivity contribution >= 4 is 0 Å². The monoisotopic (exact) mass is 139 g/mol. The Balaban J connectivity index is 4.08. The molecule has 0 aromatic carbocycles. The minimum Gasteiger partial charge on any atom is -0.383 e. The Hall–Kier alpha value is -0.720. The number of allylic oxidation sites excluding steroid dienone is 3. The van der Waals surface area contributed by atoms with Crippen LogP contribution in [0.2, 0.25) is 0 Å². The summed E-state index contributed by atoms with van der Waals surface area (Å²) in [6.45, 7) is 6.31. The molecule has 0 saturated heterocycles. The molecule has 0 aromatic rings. The zero-order valence-corrected chi connectivity index (χ0v) is 7.60. The molecule has 0 heterocycles. The highest BCUT2D eigenvalue weighted by Crippen LogP contribution is 2.00. The lowest BCUT2D eigenvalue weighted by Gasteiger charge is -2.05. The molecule has 0 saturated carbocycles. The third kappa shape index (κ3) is 5.42. The molecule has 0 spiro atoms. The van der Waals surface area contributed by atoms with Gasteiger partial charge in [0.2, 0.25) is 0 Å². The van der Waals surface area contributed by atoms with Crippen LogP contribution in [0.1, 0.15) is 20.8 Å². The van der Waals surface area contributed by atoms with E-state index in [-0.39, 0.29) is 0 Å². The van der Waals surface area contributed by atoms with Crippen LogP contribution in [-0.2, 0) is 0 Å². The van der Waals surface area contributed by atoms with Crippen molar-refractivity contribution in [1.29, 1.82) is 0 Å². The lowest BCUT2D eigenvalue weighted by atomic mass is 10.2. The van der Waals surface area contributed by atoms with Crippen LogP contribution < -0.4 is 0 Å². The van der Waals surface area contributed by atoms with Gasteiger partial charge in [-0.25, -0.2) is 0 Å². The van der Waals surface area contributed by atoms with Gasteiger partial charge in [0.25, 0.3) is 0 Å². The molecule has 0 atom stereocenters. The number of nitrogens with zero attached hydrogens (tertiary/aromatic N) is 1. The molecule has 0 aliphatic rings. The van der Waals surface area contributed by atoms with Crippen LogP contribution in [0, 0.1) is 0 Å². The van der Waals surface area contributed by atoms with Crippen LogP contribution in [0.25, 0.3) is 0 Å². The molecule has 0 aromatic heterocycles. The molecule has 10 heavy (non-hydrogen) atoms. The van der Waals surface area contributed by atoms with Crippen LogP contribution in [0.3, 0.4) is 0 Å². The minimum atomic E-state index is 1.30. The first-order chi connectivity index (χ1) is 4.52. The Morgan fingerprint density at radius 1 is 1.10 bits per heavy atom. The van der Waals surface area contributed by atoms with E-state index in [0.29, 0.717) is 0 Å². The third-order valence-electron chi connectivity index (χ3n) is 0.978. The van der Waals surface area contributed by atoms with Gasteiger partial charge in [-0.2, -0.15) is 0 Å². The lowest BCUT2D eigenvalue weighted by molar-refractivity contribution is 0.560. The van der Waals surface area contributed by atoms with Crippen molar-refractivity contribution in [3.05, 3.63) is 23.4 Å². The smallest absolute Gasteiger partial charge is 0.00557 e. The van der Waals surface area contributed by atoms with Crippen LogP contribution >= 0.6 is 0 Å². The van der Waals surface area contributed by atoms with E-state index < -0.39 is 0 Å². The molecule has 0 radical (unpaired) electrons. The normalized spacial score (nSPS) is 11.1. The van der Waals surface area contributed by atoms with Gasteiger partial charge >= 0.3 is 0 Å². The largest absolute Gasteiger partial charge is 0.383 e. The van der Waals surface area contributed by atoms with Crippen LogP contribution in [0.4, 0.5) is 0 Å². The van der Waals surface area contributed by atoms with Gasteiger partial charge in [-0.1, -0.05) is 11.6 Å².